The first-order valence-corrected chi connectivity index (χ1v) is 13.0. The van der Waals surface area contributed by atoms with E-state index in [1.165, 1.54) is 0 Å². The van der Waals surface area contributed by atoms with E-state index in [0.29, 0.717) is 34.1 Å². The second-order valence-electron chi connectivity index (χ2n) is 0.333. The van der Waals surface area contributed by atoms with Gasteiger partial charge in [-0.3, -0.25) is 0 Å². The third kappa shape index (κ3) is 3.58. The van der Waals surface area contributed by atoms with Gasteiger partial charge in [-0.2, -0.15) is 0 Å². The molecule has 0 N–H and O–H groups in total. The molecule has 0 rings (SSSR count). The maximum absolute atomic E-state index is 2.37. The van der Waals surface area contributed by atoms with E-state index in [0.717, 1.165) is 0 Å². The molecule has 0 radical (unpaired) electrons. The van der Waals surface area contributed by atoms with Crippen molar-refractivity contribution in [1.82, 2.24) is 0 Å². The van der Waals surface area contributed by atoms with Crippen molar-refractivity contribution in [2.45, 2.75) is 9.94 Å². The molecule has 0 heterocycles. The molecule has 0 aromatic heterocycles. The molecule has 0 aliphatic rings. The van der Waals surface area contributed by atoms with Gasteiger partial charge < -0.3 is 0 Å². The first-order valence-electron chi connectivity index (χ1n) is 0.983. The molecule has 0 spiro atoms. The van der Waals surface area contributed by atoms with Crippen molar-refractivity contribution in [2.75, 3.05) is 0 Å². The Morgan fingerprint density at radius 2 is 1.25 bits per heavy atom. The predicted molar refractivity (Wildman–Crippen MR) is 23.2 cm³/mol. The van der Waals surface area contributed by atoms with Crippen LogP contribution in [0.5, 0.6) is 0 Å². The van der Waals surface area contributed by atoms with Crippen LogP contribution in [0.15, 0.2) is 0 Å². The third-order valence-electron chi connectivity index (χ3n) is 0.167. The van der Waals surface area contributed by atoms with Gasteiger partial charge in [0.1, 0.15) is 0 Å². The minimum atomic E-state index is 0.612. The molecule has 0 aromatic carbocycles. The van der Waals surface area contributed by atoms with Crippen LogP contribution in [0.25, 0.3) is 0 Å². The van der Waals surface area contributed by atoms with Crippen LogP contribution in [0.2, 0.25) is 9.94 Å². The van der Waals surface area contributed by atoms with Crippen molar-refractivity contribution in [3.05, 3.63) is 0 Å². The van der Waals surface area contributed by atoms with Gasteiger partial charge in [-0.05, 0) is 0 Å². The molecule has 2 heteroatoms. The van der Waals surface area contributed by atoms with Gasteiger partial charge in [0, 0.05) is 0 Å². The normalized spacial score (nSPS) is 7.50. The molecule has 0 amide bonds. The van der Waals surface area contributed by atoms with Crippen LogP contribution < -0.4 is 0 Å². The fourth-order valence-electron chi connectivity index (χ4n) is 0. The Kier molecular flexibility index (Phi) is 6.39. The Hall–Kier alpha value is 1.58. The van der Waals surface area contributed by atoms with E-state index in [2.05, 4.69) is 9.94 Å². The van der Waals surface area contributed by atoms with Crippen molar-refractivity contribution in [3.8, 4) is 0 Å². The topological polar surface area (TPSA) is 0 Å². The van der Waals surface area contributed by atoms with Gasteiger partial charge in [0.25, 0.3) is 0 Å². The van der Waals surface area contributed by atoms with Gasteiger partial charge in [-0.25, -0.2) is 0 Å². The third-order valence-corrected chi connectivity index (χ3v) is 7.50. The molecule has 0 saturated carbocycles. The summed E-state index contributed by atoms with van der Waals surface area (Å²) in [6.07, 6.45) is 0. The zero-order valence-electron chi connectivity index (χ0n) is 2.82. The average molecular weight is 285 g/mol. The first kappa shape index (κ1) is 5.58. The maximum atomic E-state index is 2.37. The van der Waals surface area contributed by atoms with Gasteiger partial charge in [0.2, 0.25) is 0 Å². The molecule has 0 aliphatic carbocycles. The zero-order valence-corrected chi connectivity index (χ0v) is 7.48. The van der Waals surface area contributed by atoms with Crippen LogP contribution in [0.1, 0.15) is 0 Å². The van der Waals surface area contributed by atoms with E-state index in [1.54, 1.807) is 0 Å². The second kappa shape index (κ2) is 4.58. The Balaban J connectivity index is 1.97. The molecule has 0 bridgehead atoms. The monoisotopic (exact) mass is 290 g/mol. The summed E-state index contributed by atoms with van der Waals surface area (Å²) in [7, 11) is 0. The number of hydrogen-bond donors (Lipinski definition) is 0. The fraction of sp³-hybridized carbons (Fsp3) is 1.00. The van der Waals surface area contributed by atoms with E-state index in [1.807, 2.05) is 0 Å². The van der Waals surface area contributed by atoms with Gasteiger partial charge in [-0.15, -0.1) is 0 Å². The average Bonchev–Trinajstić information content (AvgIpc) is 1.37. The van der Waals surface area contributed by atoms with Gasteiger partial charge >= 0.3 is 44.1 Å². The molecule has 0 aromatic rings. The van der Waals surface area contributed by atoms with Crippen LogP contribution in [-0.2, 0) is 0 Å². The van der Waals surface area contributed by atoms with Crippen molar-refractivity contribution in [3.63, 3.8) is 0 Å². The summed E-state index contributed by atoms with van der Waals surface area (Å²) in [6.45, 7) is 0. The summed E-state index contributed by atoms with van der Waals surface area (Å²) in [6, 6.07) is 0. The minimum absolute atomic E-state index is 0.612. The second-order valence-corrected chi connectivity index (χ2v) is 15.0. The van der Waals surface area contributed by atoms with Gasteiger partial charge in [0.05, 0.1) is 0 Å². The molecule has 0 aliphatic heterocycles. The van der Waals surface area contributed by atoms with E-state index >= 15 is 0 Å². The Morgan fingerprint density at radius 1 is 1.00 bits per heavy atom. The van der Waals surface area contributed by atoms with E-state index < -0.39 is 0 Å². The van der Waals surface area contributed by atoms with Crippen molar-refractivity contribution >= 4 is 34.1 Å². The Bertz CT molecular complexity index is 6.00. The van der Waals surface area contributed by atoms with Crippen LogP contribution in [0, 0.1) is 0 Å². The van der Waals surface area contributed by atoms with E-state index in [9.17, 15) is 0 Å². The Morgan fingerprint density at radius 3 is 1.25 bits per heavy atom. The van der Waals surface area contributed by atoms with Gasteiger partial charge in [0.15, 0.2) is 0 Å². The Labute approximate surface area is 43.7 Å². The fourth-order valence-corrected chi connectivity index (χ4v) is 0. The number of hydrogen-bond acceptors (Lipinski definition) is 0. The summed E-state index contributed by atoms with van der Waals surface area (Å²) in [5.74, 6) is 0. The van der Waals surface area contributed by atoms with Crippen LogP contribution in [0.3, 0.4) is 0 Å². The van der Waals surface area contributed by atoms with E-state index in [-0.39, 0.29) is 0 Å². The van der Waals surface area contributed by atoms with Crippen molar-refractivity contribution < 1.29 is 0 Å². The van der Waals surface area contributed by atoms with E-state index in [4.69, 9.17) is 0 Å². The molecular formula is C2H6Te2. The molecule has 0 nitrogen and oxygen atoms in total. The summed E-state index contributed by atoms with van der Waals surface area (Å²) in [5, 5.41) is 0. The van der Waals surface area contributed by atoms with Crippen molar-refractivity contribution in [1.29, 1.82) is 0 Å². The first-order chi connectivity index (χ1) is 1.91. The molecule has 0 fully saturated rings. The van der Waals surface area contributed by atoms with Crippen LogP contribution in [-0.4, -0.2) is 34.1 Å². The molecule has 0 saturated heterocycles. The molecule has 26 valence electrons. The SMILES string of the molecule is C[Te][Te]C. The molecule has 4 heavy (non-hydrogen) atoms. The zero-order chi connectivity index (χ0) is 3.41. The predicted octanol–water partition coefficient (Wildman–Crippen LogP) is 0.406. The summed E-state index contributed by atoms with van der Waals surface area (Å²) >= 11 is 1.22. The van der Waals surface area contributed by atoms with Crippen LogP contribution >= 0.6 is 0 Å². The van der Waals surface area contributed by atoms with Crippen molar-refractivity contribution in [2.24, 2.45) is 0 Å². The summed E-state index contributed by atoms with van der Waals surface area (Å²) < 4.78 is 0. The summed E-state index contributed by atoms with van der Waals surface area (Å²) in [4.78, 5) is 4.74. The standard InChI is InChI=1S/C2H6Te2/c1-3-4-2/h1-2H3. The van der Waals surface area contributed by atoms with Gasteiger partial charge in [-0.1, -0.05) is 0 Å². The molecular weight excluding hydrogens is 279 g/mol. The summed E-state index contributed by atoms with van der Waals surface area (Å²) in [5.41, 5.74) is 0. The molecule has 0 unspecified atom stereocenters. The van der Waals surface area contributed by atoms with Crippen LogP contribution in [0.4, 0.5) is 0 Å². The quantitative estimate of drug-likeness (QED) is 0.612. The molecule has 0 atom stereocenters. The number of rotatable bonds is 1.